The molecule has 7 heteroatoms. The van der Waals surface area contributed by atoms with Crippen LogP contribution in [-0.4, -0.2) is 39.6 Å². The van der Waals surface area contributed by atoms with E-state index in [-0.39, 0.29) is 5.56 Å². The normalized spacial score (nSPS) is 27.5. The molecule has 30 heavy (non-hydrogen) atoms. The van der Waals surface area contributed by atoms with Gasteiger partial charge >= 0.3 is 11.9 Å². The third kappa shape index (κ3) is 5.65. The first kappa shape index (κ1) is 24.0. The fourth-order valence-electron chi connectivity index (χ4n) is 3.86. The summed E-state index contributed by atoms with van der Waals surface area (Å²) < 4.78 is 25.0. The summed E-state index contributed by atoms with van der Waals surface area (Å²) in [6, 6.07) is 5.33. The van der Waals surface area contributed by atoms with Gasteiger partial charge in [0, 0.05) is 12.3 Å². The Hall–Kier alpha value is -2.28. The molecule has 0 amide bonds. The molecular weight excluding hydrogens is 391 g/mol. The van der Waals surface area contributed by atoms with E-state index in [2.05, 4.69) is 0 Å². The highest BCUT2D eigenvalue weighted by atomic mass is 19.1. The van der Waals surface area contributed by atoms with E-state index >= 15 is 0 Å². The first-order valence-electron chi connectivity index (χ1n) is 9.98. The highest BCUT2D eigenvalue weighted by Crippen LogP contribution is 2.47. The number of aliphatic hydroxyl groups is 1. The summed E-state index contributed by atoms with van der Waals surface area (Å²) in [7, 11) is 0. The van der Waals surface area contributed by atoms with Gasteiger partial charge in [-0.25, -0.2) is 4.39 Å². The fraction of sp³-hybridized carbons (Fsp3) is 0.609. The fourth-order valence-corrected chi connectivity index (χ4v) is 3.86. The van der Waals surface area contributed by atoms with E-state index in [0.717, 1.165) is 6.07 Å². The van der Waals surface area contributed by atoms with Crippen molar-refractivity contribution in [1.29, 1.82) is 0 Å². The highest BCUT2D eigenvalue weighted by Gasteiger charge is 2.57. The van der Waals surface area contributed by atoms with Crippen molar-refractivity contribution in [3.05, 3.63) is 35.6 Å². The van der Waals surface area contributed by atoms with Crippen LogP contribution in [0.15, 0.2) is 24.3 Å². The molecule has 6 nitrogen and oxygen atoms in total. The maximum absolute atomic E-state index is 14.0. The number of esters is 2. The molecule has 1 aliphatic rings. The maximum Gasteiger partial charge on any atom is 0.317 e. The molecule has 4 unspecified atom stereocenters. The quantitative estimate of drug-likeness (QED) is 0.592. The van der Waals surface area contributed by atoms with Crippen LogP contribution in [0.2, 0.25) is 0 Å². The molecule has 0 heterocycles. The molecule has 1 aromatic rings. The molecule has 1 fully saturated rings. The van der Waals surface area contributed by atoms with Crippen LogP contribution in [-0.2, 0) is 23.9 Å². The molecule has 2 rings (SSSR count). The number of carbonyl (C=O) groups excluding carboxylic acids is 3. The molecule has 0 aliphatic heterocycles. The van der Waals surface area contributed by atoms with Gasteiger partial charge in [-0.3, -0.25) is 14.4 Å². The lowest BCUT2D eigenvalue weighted by atomic mass is 9.61. The second-order valence-electron chi connectivity index (χ2n) is 10.1. The number of ether oxygens (including phenoxy) is 2. The van der Waals surface area contributed by atoms with E-state index in [1.807, 2.05) is 0 Å². The second kappa shape index (κ2) is 8.10. The van der Waals surface area contributed by atoms with Crippen molar-refractivity contribution in [3.8, 4) is 0 Å². The predicted octanol–water partition coefficient (Wildman–Crippen LogP) is 3.55. The minimum Gasteiger partial charge on any atom is -0.460 e. The van der Waals surface area contributed by atoms with Crippen LogP contribution in [0, 0.1) is 17.7 Å². The summed E-state index contributed by atoms with van der Waals surface area (Å²) in [4.78, 5) is 39.1. The smallest absolute Gasteiger partial charge is 0.317 e. The summed E-state index contributed by atoms with van der Waals surface area (Å²) in [6.07, 6.45) is -0.424. The zero-order valence-corrected chi connectivity index (χ0v) is 18.6. The minimum atomic E-state index is -1.78. The summed E-state index contributed by atoms with van der Waals surface area (Å²) in [5.41, 5.74) is -3.27. The molecule has 0 spiro atoms. The van der Waals surface area contributed by atoms with Gasteiger partial charge in [0.15, 0.2) is 5.78 Å². The van der Waals surface area contributed by atoms with Crippen LogP contribution in [0.3, 0.4) is 0 Å². The first-order valence-corrected chi connectivity index (χ1v) is 9.98. The lowest BCUT2D eigenvalue weighted by molar-refractivity contribution is -0.182. The van der Waals surface area contributed by atoms with Crippen molar-refractivity contribution < 1.29 is 33.4 Å². The standard InChI is InChI=1S/C23H31FO6/c1-21(2,3)29-19(26)17-15(25)12-23(7,28)18(20(27)30-22(4,5)6)16(17)13-9-8-10-14(24)11-13/h8-11,16-18,28H,12H2,1-7H3. The summed E-state index contributed by atoms with van der Waals surface area (Å²) >= 11 is 0. The summed E-state index contributed by atoms with van der Waals surface area (Å²) in [5.74, 6) is -6.51. The molecule has 1 saturated carbocycles. The Morgan fingerprint density at radius 3 is 2.10 bits per heavy atom. The number of halogens is 1. The summed E-state index contributed by atoms with van der Waals surface area (Å²) in [6.45, 7) is 11.4. The number of rotatable bonds is 3. The minimum absolute atomic E-state index is 0.245. The van der Waals surface area contributed by atoms with E-state index in [0.29, 0.717) is 0 Å². The Kier molecular flexibility index (Phi) is 6.48. The number of Topliss-reactive ketones (excluding diaryl/α,β-unsaturated/α-hetero) is 1. The largest absolute Gasteiger partial charge is 0.460 e. The monoisotopic (exact) mass is 422 g/mol. The van der Waals surface area contributed by atoms with E-state index in [9.17, 15) is 23.9 Å². The molecule has 1 aliphatic carbocycles. The van der Waals surface area contributed by atoms with Crippen molar-refractivity contribution in [2.75, 3.05) is 0 Å². The number of ketones is 1. The molecule has 1 N–H and O–H groups in total. The highest BCUT2D eigenvalue weighted by molar-refractivity contribution is 6.03. The van der Waals surface area contributed by atoms with E-state index in [1.54, 1.807) is 41.5 Å². The van der Waals surface area contributed by atoms with E-state index in [4.69, 9.17) is 9.47 Å². The van der Waals surface area contributed by atoms with Crippen molar-refractivity contribution in [2.45, 2.75) is 77.6 Å². The number of hydrogen-bond acceptors (Lipinski definition) is 6. The van der Waals surface area contributed by atoms with E-state index in [1.165, 1.54) is 25.1 Å². The predicted molar refractivity (Wildman–Crippen MR) is 108 cm³/mol. The van der Waals surface area contributed by atoms with Gasteiger partial charge in [-0.15, -0.1) is 0 Å². The molecule has 4 atom stereocenters. The Morgan fingerprint density at radius 1 is 1.07 bits per heavy atom. The second-order valence-corrected chi connectivity index (χ2v) is 10.1. The van der Waals surface area contributed by atoms with Gasteiger partial charge < -0.3 is 14.6 Å². The van der Waals surface area contributed by atoms with Crippen molar-refractivity contribution in [2.24, 2.45) is 11.8 Å². The van der Waals surface area contributed by atoms with Gasteiger partial charge in [0.1, 0.15) is 22.9 Å². The molecule has 0 bridgehead atoms. The Balaban J connectivity index is 2.64. The van der Waals surface area contributed by atoms with Gasteiger partial charge in [0.05, 0.1) is 11.5 Å². The van der Waals surface area contributed by atoms with Gasteiger partial charge in [-0.1, -0.05) is 12.1 Å². The van der Waals surface area contributed by atoms with Crippen molar-refractivity contribution in [3.63, 3.8) is 0 Å². The van der Waals surface area contributed by atoms with Crippen LogP contribution < -0.4 is 0 Å². The van der Waals surface area contributed by atoms with Crippen LogP contribution in [0.1, 0.15) is 66.4 Å². The zero-order chi connectivity index (χ0) is 23.1. The Morgan fingerprint density at radius 2 is 1.60 bits per heavy atom. The first-order chi connectivity index (χ1) is 13.5. The third-order valence-electron chi connectivity index (χ3n) is 4.82. The zero-order valence-electron chi connectivity index (χ0n) is 18.6. The van der Waals surface area contributed by atoms with Crippen LogP contribution in [0.25, 0.3) is 0 Å². The SMILES string of the molecule is CC(C)(C)OC(=O)C1C(=O)CC(C)(O)C(C(=O)OC(C)(C)C)C1c1cccc(F)c1. The average molecular weight is 422 g/mol. The third-order valence-corrected chi connectivity index (χ3v) is 4.82. The lowest BCUT2D eigenvalue weighted by Gasteiger charge is -2.44. The number of hydrogen-bond donors (Lipinski definition) is 1. The van der Waals surface area contributed by atoms with Crippen molar-refractivity contribution in [1.82, 2.24) is 0 Å². The van der Waals surface area contributed by atoms with Crippen LogP contribution in [0.4, 0.5) is 4.39 Å². The van der Waals surface area contributed by atoms with Gasteiger partial charge in [0.2, 0.25) is 0 Å². The molecular formula is C23H31FO6. The lowest BCUT2D eigenvalue weighted by Crippen LogP contribution is -2.56. The maximum atomic E-state index is 14.0. The Labute approximate surface area is 176 Å². The number of benzene rings is 1. The van der Waals surface area contributed by atoms with E-state index < -0.39 is 64.5 Å². The molecule has 166 valence electrons. The van der Waals surface area contributed by atoms with Gasteiger partial charge in [-0.2, -0.15) is 0 Å². The molecule has 1 aromatic carbocycles. The topological polar surface area (TPSA) is 89.9 Å². The Bertz CT molecular complexity index is 831. The van der Waals surface area contributed by atoms with Gasteiger partial charge in [0.25, 0.3) is 0 Å². The molecule has 0 saturated heterocycles. The van der Waals surface area contributed by atoms with Crippen molar-refractivity contribution >= 4 is 17.7 Å². The van der Waals surface area contributed by atoms with Crippen LogP contribution >= 0.6 is 0 Å². The average Bonchev–Trinajstić information content (AvgIpc) is 2.49. The molecule has 0 aromatic heterocycles. The number of carbonyl (C=O) groups is 3. The molecule has 0 radical (unpaired) electrons. The van der Waals surface area contributed by atoms with Crippen LogP contribution in [0.5, 0.6) is 0 Å². The van der Waals surface area contributed by atoms with Gasteiger partial charge in [-0.05, 0) is 66.2 Å². The summed E-state index contributed by atoms with van der Waals surface area (Å²) in [5, 5.41) is 11.0.